The fourth-order valence-corrected chi connectivity index (χ4v) is 4.20. The topological polar surface area (TPSA) is 92.4 Å². The molecular formula is C28H19F3N2O4S. The van der Waals surface area contributed by atoms with Gasteiger partial charge in [0.2, 0.25) is 5.82 Å². The molecule has 192 valence electrons. The average Bonchev–Trinajstić information content (AvgIpc) is 2.93. The van der Waals surface area contributed by atoms with Crippen LogP contribution in [0.5, 0.6) is 17.4 Å². The third-order valence-electron chi connectivity index (χ3n) is 5.25. The summed E-state index contributed by atoms with van der Waals surface area (Å²) in [6.45, 7) is 0.139. The molecule has 6 nitrogen and oxygen atoms in total. The molecule has 0 amide bonds. The molecule has 0 aliphatic heterocycles. The lowest BCUT2D eigenvalue weighted by atomic mass is 10.1. The number of carboxylic acid groups (broad SMARTS) is 1. The Morgan fingerprint density at radius 1 is 0.947 bits per heavy atom. The number of carbonyl (C=O) groups is 1. The van der Waals surface area contributed by atoms with Gasteiger partial charge in [0.25, 0.3) is 11.8 Å². The Balaban J connectivity index is 1.60. The van der Waals surface area contributed by atoms with E-state index in [1.807, 2.05) is 36.4 Å². The van der Waals surface area contributed by atoms with Crippen LogP contribution in [0.15, 0.2) is 82.6 Å². The molecule has 0 bridgehead atoms. The van der Waals surface area contributed by atoms with Crippen molar-refractivity contribution in [2.24, 2.45) is 0 Å². The molecule has 0 unspecified atom stereocenters. The minimum Gasteiger partial charge on any atom is -0.485 e. The summed E-state index contributed by atoms with van der Waals surface area (Å²) in [6.07, 6.45) is 0.234. The second-order valence-electron chi connectivity index (χ2n) is 7.95. The zero-order valence-corrected chi connectivity index (χ0v) is 20.5. The van der Waals surface area contributed by atoms with Crippen molar-refractivity contribution in [1.29, 1.82) is 5.26 Å². The number of halogens is 3. The zero-order valence-electron chi connectivity index (χ0n) is 19.7. The maximum Gasteiger partial charge on any atom is 0.303 e. The maximum absolute atomic E-state index is 15.4. The van der Waals surface area contributed by atoms with Gasteiger partial charge in [-0.15, -0.1) is 0 Å². The van der Waals surface area contributed by atoms with Crippen LogP contribution in [-0.2, 0) is 17.8 Å². The van der Waals surface area contributed by atoms with Crippen LogP contribution in [0.4, 0.5) is 13.2 Å². The monoisotopic (exact) mass is 536 g/mol. The van der Waals surface area contributed by atoms with Crippen LogP contribution < -0.4 is 9.47 Å². The lowest BCUT2D eigenvalue weighted by Crippen LogP contribution is -2.03. The molecule has 1 aromatic heterocycles. The normalized spacial score (nSPS) is 10.6. The number of pyridine rings is 1. The van der Waals surface area contributed by atoms with E-state index >= 15 is 4.39 Å². The first-order chi connectivity index (χ1) is 18.3. The molecular weight excluding hydrogens is 517 g/mol. The van der Waals surface area contributed by atoms with Gasteiger partial charge in [0.15, 0.2) is 17.3 Å². The van der Waals surface area contributed by atoms with Crippen LogP contribution in [0.25, 0.3) is 0 Å². The minimum atomic E-state index is -1.56. The number of rotatable bonds is 10. The standard InChI is InChI=1S/C28H19F3N2O4S/c29-24-26(38-20-10-6-17(7-11-20)9-13-23(34)35)25(30)28(33-27(24)31)37-22-14-19(15-32)8-12-21(22)36-16-18-4-2-1-3-5-18/h1-8,10-12,14H,9,13,16H2,(H,34,35). The number of nitriles is 1. The number of benzene rings is 3. The van der Waals surface area contributed by atoms with Crippen molar-refractivity contribution in [3.63, 3.8) is 0 Å². The Hall–Kier alpha value is -4.49. The first-order valence-electron chi connectivity index (χ1n) is 11.3. The second kappa shape index (κ2) is 12.2. The van der Waals surface area contributed by atoms with Crippen LogP contribution in [-0.4, -0.2) is 16.1 Å². The molecule has 38 heavy (non-hydrogen) atoms. The van der Waals surface area contributed by atoms with Crippen LogP contribution in [0.3, 0.4) is 0 Å². The van der Waals surface area contributed by atoms with Crippen molar-refractivity contribution >= 4 is 17.7 Å². The van der Waals surface area contributed by atoms with Gasteiger partial charge >= 0.3 is 5.97 Å². The van der Waals surface area contributed by atoms with Gasteiger partial charge in [0, 0.05) is 17.4 Å². The SMILES string of the molecule is N#Cc1ccc(OCc2ccccc2)c(Oc2nc(F)c(F)c(Sc3ccc(CCC(=O)O)cc3)c2F)c1. The number of ether oxygens (including phenoxy) is 2. The maximum atomic E-state index is 15.4. The highest BCUT2D eigenvalue weighted by Crippen LogP contribution is 2.39. The number of nitrogens with zero attached hydrogens (tertiary/aromatic N) is 2. The van der Waals surface area contributed by atoms with Crippen LogP contribution >= 0.6 is 11.8 Å². The van der Waals surface area contributed by atoms with Crippen LogP contribution in [0, 0.1) is 28.9 Å². The van der Waals surface area contributed by atoms with E-state index in [4.69, 9.17) is 14.6 Å². The lowest BCUT2D eigenvalue weighted by molar-refractivity contribution is -0.136. The Bertz CT molecular complexity index is 1490. The highest BCUT2D eigenvalue weighted by Gasteiger charge is 2.24. The molecule has 0 atom stereocenters. The molecule has 3 aromatic carbocycles. The quantitative estimate of drug-likeness (QED) is 0.220. The van der Waals surface area contributed by atoms with E-state index < -0.39 is 34.3 Å². The molecule has 0 spiro atoms. The van der Waals surface area contributed by atoms with Gasteiger partial charge in [-0.2, -0.15) is 19.0 Å². The van der Waals surface area contributed by atoms with Crippen LogP contribution in [0.2, 0.25) is 0 Å². The molecule has 1 N–H and O–H groups in total. The van der Waals surface area contributed by atoms with Gasteiger partial charge < -0.3 is 14.6 Å². The minimum absolute atomic E-state index is 0.0595. The number of aliphatic carboxylic acids is 1. The van der Waals surface area contributed by atoms with Gasteiger partial charge in [-0.05, 0) is 41.8 Å². The highest BCUT2D eigenvalue weighted by molar-refractivity contribution is 7.99. The van der Waals surface area contributed by atoms with Crippen molar-refractivity contribution in [2.45, 2.75) is 29.2 Å². The van der Waals surface area contributed by atoms with E-state index in [0.29, 0.717) is 23.1 Å². The second-order valence-corrected chi connectivity index (χ2v) is 9.04. The summed E-state index contributed by atoms with van der Waals surface area (Å²) in [4.78, 5) is 13.8. The number of hydrogen-bond acceptors (Lipinski definition) is 6. The molecule has 10 heteroatoms. The van der Waals surface area contributed by atoms with Crippen molar-refractivity contribution < 1.29 is 32.5 Å². The van der Waals surface area contributed by atoms with Gasteiger partial charge in [0.1, 0.15) is 6.61 Å². The number of carboxylic acids is 1. The fraction of sp³-hybridized carbons (Fsp3) is 0.107. The molecule has 4 rings (SSSR count). The molecule has 1 heterocycles. The highest BCUT2D eigenvalue weighted by atomic mass is 32.2. The van der Waals surface area contributed by atoms with Crippen LogP contribution in [0.1, 0.15) is 23.1 Å². The first kappa shape index (κ1) is 26.6. The number of aromatic nitrogens is 1. The summed E-state index contributed by atoms with van der Waals surface area (Å²) in [5, 5.41) is 18.1. The number of aryl methyl sites for hydroxylation is 1. The van der Waals surface area contributed by atoms with Gasteiger partial charge in [-0.1, -0.05) is 54.2 Å². The van der Waals surface area contributed by atoms with Crippen molar-refractivity contribution in [3.8, 4) is 23.4 Å². The molecule has 0 radical (unpaired) electrons. The van der Waals surface area contributed by atoms with E-state index in [2.05, 4.69) is 4.98 Å². The summed E-state index contributed by atoms with van der Waals surface area (Å²) in [7, 11) is 0. The lowest BCUT2D eigenvalue weighted by Gasteiger charge is -2.14. The third kappa shape index (κ3) is 6.63. The predicted molar refractivity (Wildman–Crippen MR) is 133 cm³/mol. The Labute approximate surface area is 220 Å². The molecule has 0 fully saturated rings. The number of hydrogen-bond donors (Lipinski definition) is 1. The molecule has 0 aliphatic rings. The van der Waals surface area contributed by atoms with Gasteiger partial charge in [0.05, 0.1) is 16.5 Å². The summed E-state index contributed by atoms with van der Waals surface area (Å²) in [5.41, 5.74) is 1.74. The van der Waals surface area contributed by atoms with E-state index in [1.54, 1.807) is 24.3 Å². The Kier molecular flexibility index (Phi) is 8.51. The molecule has 0 saturated carbocycles. The van der Waals surface area contributed by atoms with Crippen molar-refractivity contribution in [3.05, 3.63) is 107 Å². The largest absolute Gasteiger partial charge is 0.485 e. The summed E-state index contributed by atoms with van der Waals surface area (Å²) >= 11 is 0.622. The Morgan fingerprint density at radius 2 is 1.68 bits per heavy atom. The van der Waals surface area contributed by atoms with E-state index in [1.165, 1.54) is 18.2 Å². The van der Waals surface area contributed by atoms with E-state index in [-0.39, 0.29) is 30.1 Å². The molecule has 0 aliphatic carbocycles. The van der Waals surface area contributed by atoms with E-state index in [9.17, 15) is 18.8 Å². The molecule has 0 saturated heterocycles. The molecule has 4 aromatic rings. The van der Waals surface area contributed by atoms with Gasteiger partial charge in [-0.3, -0.25) is 4.79 Å². The smallest absolute Gasteiger partial charge is 0.303 e. The Morgan fingerprint density at radius 3 is 2.37 bits per heavy atom. The summed E-state index contributed by atoms with van der Waals surface area (Å²) in [5.74, 6) is -6.02. The summed E-state index contributed by atoms with van der Waals surface area (Å²) in [6, 6.07) is 21.7. The summed E-state index contributed by atoms with van der Waals surface area (Å²) < 4.78 is 55.6. The average molecular weight is 537 g/mol. The van der Waals surface area contributed by atoms with Crippen molar-refractivity contribution in [2.75, 3.05) is 0 Å². The fourth-order valence-electron chi connectivity index (χ4n) is 3.34. The zero-order chi connectivity index (χ0) is 27.1. The third-order valence-corrected chi connectivity index (χ3v) is 6.33. The van der Waals surface area contributed by atoms with Gasteiger partial charge in [-0.25, -0.2) is 4.39 Å². The first-order valence-corrected chi connectivity index (χ1v) is 12.1. The van der Waals surface area contributed by atoms with Crippen molar-refractivity contribution in [1.82, 2.24) is 4.98 Å². The predicted octanol–water partition coefficient (Wildman–Crippen LogP) is 6.91. The van der Waals surface area contributed by atoms with E-state index in [0.717, 1.165) is 11.1 Å².